The van der Waals surface area contributed by atoms with Crippen molar-refractivity contribution in [2.45, 2.75) is 59.9 Å². The fraction of sp³-hybridized carbons (Fsp3) is 1.00. The molecular formula is C12H27N. The van der Waals surface area contributed by atoms with Gasteiger partial charge in [0.1, 0.15) is 0 Å². The Kier molecular flexibility index (Phi) is 7.35. The highest BCUT2D eigenvalue weighted by molar-refractivity contribution is 4.71. The minimum absolute atomic E-state index is 0.726. The van der Waals surface area contributed by atoms with E-state index in [0.29, 0.717) is 0 Å². The molecule has 1 nitrogen and oxygen atoms in total. The van der Waals surface area contributed by atoms with Gasteiger partial charge in [-0.3, -0.25) is 0 Å². The van der Waals surface area contributed by atoms with Gasteiger partial charge < -0.3 is 5.32 Å². The highest BCUT2D eigenvalue weighted by Crippen LogP contribution is 2.16. The second kappa shape index (κ2) is 7.37. The molecule has 0 saturated heterocycles. The topological polar surface area (TPSA) is 12.0 Å². The molecule has 0 fully saturated rings. The average Bonchev–Trinajstić information content (AvgIpc) is 2.10. The predicted molar refractivity (Wildman–Crippen MR) is 61.0 cm³/mol. The van der Waals surface area contributed by atoms with Crippen molar-refractivity contribution in [2.24, 2.45) is 11.8 Å². The zero-order valence-corrected chi connectivity index (χ0v) is 10.1. The zero-order valence-electron chi connectivity index (χ0n) is 10.1. The molecule has 1 N–H and O–H groups in total. The Morgan fingerprint density at radius 3 is 2.00 bits per heavy atom. The first-order chi connectivity index (χ1) is 6.11. The molecule has 0 amide bonds. The van der Waals surface area contributed by atoms with E-state index in [-0.39, 0.29) is 0 Å². The Balaban J connectivity index is 3.69. The molecule has 2 unspecified atom stereocenters. The van der Waals surface area contributed by atoms with Crippen LogP contribution in [0.15, 0.2) is 0 Å². The summed E-state index contributed by atoms with van der Waals surface area (Å²) in [5.41, 5.74) is 0. The molecule has 0 radical (unpaired) electrons. The van der Waals surface area contributed by atoms with Gasteiger partial charge in [-0.2, -0.15) is 0 Å². The Morgan fingerprint density at radius 1 is 1.00 bits per heavy atom. The van der Waals surface area contributed by atoms with Crippen molar-refractivity contribution in [3.05, 3.63) is 0 Å². The molecule has 0 spiro atoms. The van der Waals surface area contributed by atoms with Gasteiger partial charge in [-0.1, -0.05) is 41.0 Å². The number of nitrogens with one attached hydrogen (secondary N) is 1. The van der Waals surface area contributed by atoms with E-state index >= 15 is 0 Å². The van der Waals surface area contributed by atoms with Crippen molar-refractivity contribution in [3.8, 4) is 0 Å². The van der Waals surface area contributed by atoms with Crippen molar-refractivity contribution in [1.29, 1.82) is 0 Å². The summed E-state index contributed by atoms with van der Waals surface area (Å²) in [7, 11) is 0. The molecule has 0 saturated carbocycles. The molecule has 0 aromatic rings. The molecule has 0 aliphatic rings. The predicted octanol–water partition coefficient (Wildman–Crippen LogP) is 3.45. The van der Waals surface area contributed by atoms with Crippen molar-refractivity contribution < 1.29 is 0 Å². The number of rotatable bonds is 7. The van der Waals surface area contributed by atoms with Crippen molar-refractivity contribution in [1.82, 2.24) is 5.32 Å². The summed E-state index contributed by atoms with van der Waals surface area (Å²) < 4.78 is 0. The smallest absolute Gasteiger partial charge is 0.00899 e. The lowest BCUT2D eigenvalue weighted by atomic mass is 9.91. The molecule has 80 valence electrons. The van der Waals surface area contributed by atoms with Crippen LogP contribution in [0.25, 0.3) is 0 Å². The molecule has 0 bridgehead atoms. The van der Waals surface area contributed by atoms with Gasteiger partial charge in [0, 0.05) is 6.04 Å². The summed E-state index contributed by atoms with van der Waals surface area (Å²) in [5, 5.41) is 3.56. The maximum absolute atomic E-state index is 3.56. The Bertz CT molecular complexity index is 110. The van der Waals surface area contributed by atoms with E-state index in [1.807, 2.05) is 0 Å². The Hall–Kier alpha value is -0.0400. The van der Waals surface area contributed by atoms with Crippen LogP contribution in [0.3, 0.4) is 0 Å². The summed E-state index contributed by atoms with van der Waals surface area (Å²) in [6.07, 6.45) is 3.99. The zero-order chi connectivity index (χ0) is 10.3. The summed E-state index contributed by atoms with van der Waals surface area (Å²) >= 11 is 0. The maximum Gasteiger partial charge on any atom is 0.00899 e. The Labute approximate surface area is 84.3 Å². The second-order valence-electron chi connectivity index (χ2n) is 4.52. The van der Waals surface area contributed by atoms with Crippen LogP contribution in [0.1, 0.15) is 53.9 Å². The lowest BCUT2D eigenvalue weighted by Gasteiger charge is -2.24. The van der Waals surface area contributed by atoms with E-state index in [1.165, 1.54) is 19.3 Å². The minimum Gasteiger partial charge on any atom is -0.314 e. The average molecular weight is 185 g/mol. The van der Waals surface area contributed by atoms with Crippen molar-refractivity contribution >= 4 is 0 Å². The van der Waals surface area contributed by atoms with Gasteiger partial charge in [-0.05, 0) is 31.2 Å². The van der Waals surface area contributed by atoms with E-state index in [9.17, 15) is 0 Å². The number of hydrogen-bond acceptors (Lipinski definition) is 1. The molecule has 2 atom stereocenters. The van der Waals surface area contributed by atoms with Crippen LogP contribution in [0.4, 0.5) is 0 Å². The highest BCUT2D eigenvalue weighted by Gasteiger charge is 2.13. The van der Waals surface area contributed by atoms with Gasteiger partial charge in [0.25, 0.3) is 0 Å². The van der Waals surface area contributed by atoms with Gasteiger partial charge in [0.05, 0.1) is 0 Å². The second-order valence-corrected chi connectivity index (χ2v) is 4.52. The molecule has 0 aromatic heterocycles. The summed E-state index contributed by atoms with van der Waals surface area (Å²) in [4.78, 5) is 0. The van der Waals surface area contributed by atoms with Crippen LogP contribution in [0, 0.1) is 11.8 Å². The first-order valence-corrected chi connectivity index (χ1v) is 5.85. The SMILES string of the molecule is CCNC(CC)C(C)CCC(C)C. The number of hydrogen-bond donors (Lipinski definition) is 1. The lowest BCUT2D eigenvalue weighted by Crippen LogP contribution is -2.34. The molecule has 0 aliphatic heterocycles. The van der Waals surface area contributed by atoms with Crippen LogP contribution in [0.2, 0.25) is 0 Å². The fourth-order valence-electron chi connectivity index (χ4n) is 1.81. The van der Waals surface area contributed by atoms with E-state index < -0.39 is 0 Å². The fourth-order valence-corrected chi connectivity index (χ4v) is 1.81. The third-order valence-corrected chi connectivity index (χ3v) is 2.79. The van der Waals surface area contributed by atoms with Crippen LogP contribution in [-0.4, -0.2) is 12.6 Å². The molecule has 0 aromatic carbocycles. The molecular weight excluding hydrogens is 158 g/mol. The van der Waals surface area contributed by atoms with Crippen LogP contribution in [0.5, 0.6) is 0 Å². The van der Waals surface area contributed by atoms with Gasteiger partial charge in [-0.25, -0.2) is 0 Å². The quantitative estimate of drug-likeness (QED) is 0.640. The maximum atomic E-state index is 3.56. The first-order valence-electron chi connectivity index (χ1n) is 5.85. The highest BCUT2D eigenvalue weighted by atomic mass is 14.9. The summed E-state index contributed by atoms with van der Waals surface area (Å²) in [6, 6.07) is 0.726. The summed E-state index contributed by atoms with van der Waals surface area (Å²) in [5.74, 6) is 1.67. The van der Waals surface area contributed by atoms with Crippen LogP contribution >= 0.6 is 0 Å². The third kappa shape index (κ3) is 6.09. The van der Waals surface area contributed by atoms with Gasteiger partial charge in [0.2, 0.25) is 0 Å². The molecule has 0 heterocycles. The largest absolute Gasteiger partial charge is 0.314 e. The van der Waals surface area contributed by atoms with Gasteiger partial charge in [0.15, 0.2) is 0 Å². The lowest BCUT2D eigenvalue weighted by molar-refractivity contribution is 0.332. The monoisotopic (exact) mass is 185 g/mol. The molecule has 0 rings (SSSR count). The van der Waals surface area contributed by atoms with Gasteiger partial charge in [-0.15, -0.1) is 0 Å². The minimum atomic E-state index is 0.726. The molecule has 0 aliphatic carbocycles. The Morgan fingerprint density at radius 2 is 1.62 bits per heavy atom. The van der Waals surface area contributed by atoms with Crippen LogP contribution < -0.4 is 5.32 Å². The standard InChI is InChI=1S/C12H27N/c1-6-12(13-7-2)11(5)9-8-10(3)4/h10-13H,6-9H2,1-5H3. The normalized spacial score (nSPS) is 16.2. The van der Waals surface area contributed by atoms with E-state index in [4.69, 9.17) is 0 Å². The molecule has 1 heteroatoms. The van der Waals surface area contributed by atoms with Gasteiger partial charge >= 0.3 is 0 Å². The summed E-state index contributed by atoms with van der Waals surface area (Å²) in [6.45, 7) is 12.6. The van der Waals surface area contributed by atoms with Crippen LogP contribution in [-0.2, 0) is 0 Å². The first kappa shape index (κ1) is 13.0. The van der Waals surface area contributed by atoms with Crippen molar-refractivity contribution in [2.75, 3.05) is 6.54 Å². The molecule has 13 heavy (non-hydrogen) atoms. The van der Waals surface area contributed by atoms with E-state index in [2.05, 4.69) is 39.9 Å². The third-order valence-electron chi connectivity index (χ3n) is 2.79. The van der Waals surface area contributed by atoms with E-state index in [0.717, 1.165) is 24.4 Å². The van der Waals surface area contributed by atoms with Crippen molar-refractivity contribution in [3.63, 3.8) is 0 Å². The van der Waals surface area contributed by atoms with E-state index in [1.54, 1.807) is 0 Å².